The van der Waals surface area contributed by atoms with Crippen LogP contribution >= 0.6 is 7.37 Å². The highest BCUT2D eigenvalue weighted by Crippen LogP contribution is 2.55. The largest absolute Gasteiger partial charge is 0.481 e. The number of carboxylic acid groups (broad SMARTS) is 1. The van der Waals surface area contributed by atoms with Crippen molar-refractivity contribution in [2.45, 2.75) is 6.42 Å². The Labute approximate surface area is 169 Å². The molecule has 0 saturated carbocycles. The van der Waals surface area contributed by atoms with Gasteiger partial charge in [0.2, 0.25) is 5.91 Å². The highest BCUT2D eigenvalue weighted by molar-refractivity contribution is 7.67. The minimum absolute atomic E-state index is 0.132. The first-order valence-corrected chi connectivity index (χ1v) is 11.5. The third-order valence-corrected chi connectivity index (χ3v) is 7.89. The van der Waals surface area contributed by atoms with Gasteiger partial charge >= 0.3 is 5.97 Å². The molecule has 2 heterocycles. The van der Waals surface area contributed by atoms with Crippen LogP contribution in [0.15, 0.2) is 48.5 Å². The lowest BCUT2D eigenvalue weighted by molar-refractivity contribution is -0.144. The fourth-order valence-electron chi connectivity index (χ4n) is 3.99. The number of nitrogens with zero attached hydrogens (tertiary/aromatic N) is 1. The molecule has 2 aromatic carbocycles. The van der Waals surface area contributed by atoms with Crippen molar-refractivity contribution in [1.82, 2.24) is 10.2 Å². The number of carbonyl (C=O) groups excluding carboxylic acids is 1. The molecule has 1 fully saturated rings. The zero-order valence-corrected chi connectivity index (χ0v) is 16.8. The van der Waals surface area contributed by atoms with Gasteiger partial charge in [0.1, 0.15) is 5.75 Å². The lowest BCUT2D eigenvalue weighted by atomic mass is 10.0. The number of piperazine rings is 1. The van der Waals surface area contributed by atoms with Crippen molar-refractivity contribution in [2.75, 3.05) is 32.3 Å². The first-order chi connectivity index (χ1) is 14.0. The van der Waals surface area contributed by atoms with Gasteiger partial charge in [0.15, 0.2) is 0 Å². The Morgan fingerprint density at radius 3 is 2.45 bits per heavy atom. The van der Waals surface area contributed by atoms with Crippen LogP contribution in [0.1, 0.15) is 6.42 Å². The molecule has 2 aromatic rings. The Morgan fingerprint density at radius 1 is 1.07 bits per heavy atom. The van der Waals surface area contributed by atoms with Gasteiger partial charge in [-0.05, 0) is 17.7 Å². The Morgan fingerprint density at radius 2 is 1.72 bits per heavy atom. The number of carboxylic acids is 1. The summed E-state index contributed by atoms with van der Waals surface area (Å²) in [5, 5.41) is 13.1. The number of rotatable bonds is 5. The van der Waals surface area contributed by atoms with Gasteiger partial charge in [0, 0.05) is 31.7 Å². The van der Waals surface area contributed by atoms with Gasteiger partial charge in [0.25, 0.3) is 7.37 Å². The molecule has 0 aliphatic carbocycles. The summed E-state index contributed by atoms with van der Waals surface area (Å²) in [7, 11) is -3.48. The lowest BCUT2D eigenvalue weighted by Gasteiger charge is -2.33. The van der Waals surface area contributed by atoms with Crippen LogP contribution in [0.3, 0.4) is 0 Å². The molecule has 8 heteroatoms. The molecule has 2 unspecified atom stereocenters. The van der Waals surface area contributed by atoms with E-state index in [2.05, 4.69) is 5.32 Å². The van der Waals surface area contributed by atoms with Gasteiger partial charge in [-0.3, -0.25) is 14.2 Å². The first-order valence-electron chi connectivity index (χ1n) is 9.67. The summed E-state index contributed by atoms with van der Waals surface area (Å²) in [5.74, 6) is -1.77. The average molecular weight is 414 g/mol. The zero-order valence-electron chi connectivity index (χ0n) is 15.9. The fraction of sp³-hybridized carbons (Fsp3) is 0.333. The third-order valence-electron chi connectivity index (χ3n) is 5.35. The molecule has 152 valence electrons. The van der Waals surface area contributed by atoms with E-state index in [9.17, 15) is 19.3 Å². The van der Waals surface area contributed by atoms with E-state index in [1.807, 2.05) is 24.3 Å². The number of hydrogen-bond acceptors (Lipinski definition) is 5. The third kappa shape index (κ3) is 3.93. The van der Waals surface area contributed by atoms with Gasteiger partial charge < -0.3 is 19.8 Å². The van der Waals surface area contributed by atoms with Crippen molar-refractivity contribution < 1.29 is 23.8 Å². The van der Waals surface area contributed by atoms with Gasteiger partial charge in [-0.1, -0.05) is 36.4 Å². The van der Waals surface area contributed by atoms with Gasteiger partial charge in [-0.15, -0.1) is 0 Å². The van der Waals surface area contributed by atoms with E-state index in [1.165, 1.54) is 0 Å². The minimum Gasteiger partial charge on any atom is -0.481 e. The number of hydrogen-bond donors (Lipinski definition) is 2. The van der Waals surface area contributed by atoms with Crippen LogP contribution in [0.4, 0.5) is 0 Å². The van der Waals surface area contributed by atoms with E-state index in [-0.39, 0.29) is 18.5 Å². The molecule has 0 aromatic heterocycles. The molecule has 0 radical (unpaired) electrons. The molecule has 2 atom stereocenters. The van der Waals surface area contributed by atoms with Crippen LogP contribution in [-0.2, 0) is 14.2 Å². The van der Waals surface area contributed by atoms with Crippen molar-refractivity contribution >= 4 is 24.5 Å². The van der Waals surface area contributed by atoms with Crippen LogP contribution in [0.2, 0.25) is 0 Å². The molecular formula is C21H23N2O5P. The summed E-state index contributed by atoms with van der Waals surface area (Å²) >= 11 is 0. The smallest absolute Gasteiger partial charge is 0.304 e. The minimum atomic E-state index is -3.48. The molecule has 2 N–H and O–H groups in total. The van der Waals surface area contributed by atoms with E-state index in [0.717, 1.165) is 11.1 Å². The van der Waals surface area contributed by atoms with Crippen molar-refractivity contribution in [2.24, 2.45) is 5.92 Å². The van der Waals surface area contributed by atoms with Gasteiger partial charge in [-0.25, -0.2) is 0 Å². The first kappa shape index (κ1) is 19.7. The summed E-state index contributed by atoms with van der Waals surface area (Å²) in [6, 6.07) is 14.6. The number of para-hydroxylation sites is 1. The predicted octanol–water partition coefficient (Wildman–Crippen LogP) is 2.17. The molecule has 7 nitrogen and oxygen atoms in total. The van der Waals surface area contributed by atoms with Crippen LogP contribution in [-0.4, -0.2) is 54.2 Å². The molecule has 2 aliphatic rings. The number of aliphatic carboxylic acids is 1. The predicted molar refractivity (Wildman–Crippen MR) is 110 cm³/mol. The second kappa shape index (κ2) is 8.01. The summed E-state index contributed by atoms with van der Waals surface area (Å²) in [4.78, 5) is 26.2. The highest BCUT2D eigenvalue weighted by Gasteiger charge is 2.41. The standard InChI is InChI=1S/C21H23N2O5P/c24-20(25)13-15(21(26)23-11-9-22-10-12-23)14-29(27)19-8-4-2-6-17(19)16-5-1-3-7-18(16)28-29/h1-8,15,22H,9-14H2,(H,24,25). The van der Waals surface area contributed by atoms with E-state index in [4.69, 9.17) is 4.52 Å². The number of amides is 1. The number of carbonyl (C=O) groups is 2. The molecule has 1 amide bonds. The van der Waals surface area contributed by atoms with Crippen LogP contribution < -0.4 is 15.1 Å². The number of fused-ring (bicyclic) bond motifs is 3. The Bertz CT molecular complexity index is 987. The van der Waals surface area contributed by atoms with Crippen molar-refractivity contribution in [1.29, 1.82) is 0 Å². The fourth-order valence-corrected chi connectivity index (χ4v) is 6.57. The quantitative estimate of drug-likeness (QED) is 0.728. The molecule has 29 heavy (non-hydrogen) atoms. The van der Waals surface area contributed by atoms with Gasteiger partial charge in [-0.2, -0.15) is 0 Å². The van der Waals surface area contributed by atoms with E-state index < -0.39 is 19.3 Å². The Hall–Kier alpha value is -2.63. The van der Waals surface area contributed by atoms with Crippen LogP contribution in [0.5, 0.6) is 5.75 Å². The second-order valence-corrected chi connectivity index (χ2v) is 9.71. The highest BCUT2D eigenvalue weighted by atomic mass is 31.2. The van der Waals surface area contributed by atoms with Crippen LogP contribution in [0, 0.1) is 5.92 Å². The van der Waals surface area contributed by atoms with E-state index in [0.29, 0.717) is 37.2 Å². The summed E-state index contributed by atoms with van der Waals surface area (Å²) in [6.45, 7) is 2.35. The SMILES string of the molecule is O=C(O)CC(CP1(=O)Oc2ccccc2-c2ccccc21)C(=O)N1CCNCC1. The van der Waals surface area contributed by atoms with Crippen molar-refractivity contribution in [3.05, 3.63) is 48.5 Å². The molecule has 1 saturated heterocycles. The second-order valence-electron chi connectivity index (χ2n) is 7.33. The molecule has 0 bridgehead atoms. The Balaban J connectivity index is 1.69. The normalized spacial score (nSPS) is 21.4. The van der Waals surface area contributed by atoms with Crippen molar-refractivity contribution in [3.63, 3.8) is 0 Å². The lowest BCUT2D eigenvalue weighted by Crippen LogP contribution is -2.49. The summed E-state index contributed by atoms with van der Waals surface area (Å²) in [5.41, 5.74) is 1.65. The zero-order chi connectivity index (χ0) is 20.4. The topological polar surface area (TPSA) is 95.9 Å². The molecule has 0 spiro atoms. The molecular weight excluding hydrogens is 391 g/mol. The maximum Gasteiger partial charge on any atom is 0.304 e. The summed E-state index contributed by atoms with van der Waals surface area (Å²) in [6.07, 6.45) is -0.507. The Kier molecular flexibility index (Phi) is 5.43. The monoisotopic (exact) mass is 414 g/mol. The molecule has 2 aliphatic heterocycles. The maximum atomic E-state index is 14.0. The van der Waals surface area contributed by atoms with Crippen LogP contribution in [0.25, 0.3) is 11.1 Å². The maximum absolute atomic E-state index is 14.0. The van der Waals surface area contributed by atoms with Gasteiger partial charge in [0.05, 0.1) is 23.8 Å². The molecule has 4 rings (SSSR count). The van der Waals surface area contributed by atoms with Crippen molar-refractivity contribution in [3.8, 4) is 16.9 Å². The number of nitrogens with one attached hydrogen (secondary N) is 1. The van der Waals surface area contributed by atoms with E-state index in [1.54, 1.807) is 29.2 Å². The summed E-state index contributed by atoms with van der Waals surface area (Å²) < 4.78 is 20.0. The number of benzene rings is 2. The average Bonchev–Trinajstić information content (AvgIpc) is 2.73. The van der Waals surface area contributed by atoms with E-state index >= 15 is 0 Å².